The molecule has 7 heteroatoms. The SMILES string of the molecule is O=C(C1CCCC1)N1CCC(c2ccc3c(NCc4ccc(F)cc4)n[nH]c3n2)C1. The molecule has 2 aliphatic rings. The average molecular weight is 407 g/mol. The van der Waals surface area contributed by atoms with E-state index in [1.165, 1.54) is 25.0 Å². The Balaban J connectivity index is 1.25. The van der Waals surface area contributed by atoms with Gasteiger partial charge in [0.05, 0.1) is 5.39 Å². The second kappa shape index (κ2) is 8.05. The molecule has 1 amide bonds. The predicted molar refractivity (Wildman–Crippen MR) is 114 cm³/mol. The fourth-order valence-corrected chi connectivity index (χ4v) is 4.70. The van der Waals surface area contributed by atoms with E-state index in [9.17, 15) is 9.18 Å². The first-order chi connectivity index (χ1) is 14.7. The Labute approximate surface area is 174 Å². The highest BCUT2D eigenvalue weighted by Gasteiger charge is 2.33. The zero-order valence-corrected chi connectivity index (χ0v) is 16.9. The van der Waals surface area contributed by atoms with E-state index in [1.807, 2.05) is 11.0 Å². The summed E-state index contributed by atoms with van der Waals surface area (Å²) in [6.07, 6.45) is 5.42. The molecule has 5 rings (SSSR count). The number of aromatic nitrogens is 3. The molecule has 1 aromatic carbocycles. The quantitative estimate of drug-likeness (QED) is 0.664. The minimum absolute atomic E-state index is 0.238. The molecule has 30 heavy (non-hydrogen) atoms. The Morgan fingerprint density at radius 2 is 1.93 bits per heavy atom. The van der Waals surface area contributed by atoms with Crippen LogP contribution in [0.5, 0.6) is 0 Å². The van der Waals surface area contributed by atoms with Gasteiger partial charge in [0.2, 0.25) is 5.91 Å². The molecule has 1 atom stereocenters. The molecular weight excluding hydrogens is 381 g/mol. The van der Waals surface area contributed by atoms with Crippen LogP contribution in [0.25, 0.3) is 11.0 Å². The lowest BCUT2D eigenvalue weighted by Gasteiger charge is -2.20. The maximum Gasteiger partial charge on any atom is 0.225 e. The summed E-state index contributed by atoms with van der Waals surface area (Å²) in [6, 6.07) is 10.5. The number of amides is 1. The van der Waals surface area contributed by atoms with Gasteiger partial charge in [0.1, 0.15) is 5.82 Å². The molecule has 1 aliphatic heterocycles. The van der Waals surface area contributed by atoms with Crippen molar-refractivity contribution in [3.8, 4) is 0 Å². The number of nitrogens with one attached hydrogen (secondary N) is 2. The summed E-state index contributed by atoms with van der Waals surface area (Å²) < 4.78 is 13.1. The largest absolute Gasteiger partial charge is 0.364 e. The van der Waals surface area contributed by atoms with Gasteiger partial charge in [-0.2, -0.15) is 5.10 Å². The highest BCUT2D eigenvalue weighted by Crippen LogP contribution is 2.32. The molecule has 3 heterocycles. The van der Waals surface area contributed by atoms with E-state index < -0.39 is 0 Å². The molecule has 1 saturated carbocycles. The molecule has 1 unspecified atom stereocenters. The zero-order chi connectivity index (χ0) is 20.5. The van der Waals surface area contributed by atoms with Crippen molar-refractivity contribution in [1.82, 2.24) is 20.1 Å². The molecule has 3 aromatic rings. The molecule has 0 bridgehead atoms. The number of rotatable bonds is 5. The Morgan fingerprint density at radius 3 is 2.73 bits per heavy atom. The fraction of sp³-hybridized carbons (Fsp3) is 0.435. The molecular formula is C23H26FN5O. The molecule has 1 saturated heterocycles. The smallest absolute Gasteiger partial charge is 0.225 e. The summed E-state index contributed by atoms with van der Waals surface area (Å²) in [7, 11) is 0. The Hall–Kier alpha value is -2.96. The van der Waals surface area contributed by atoms with Crippen molar-refractivity contribution < 1.29 is 9.18 Å². The third-order valence-electron chi connectivity index (χ3n) is 6.44. The van der Waals surface area contributed by atoms with Crippen LogP contribution in [0, 0.1) is 11.7 Å². The van der Waals surface area contributed by atoms with Gasteiger partial charge >= 0.3 is 0 Å². The van der Waals surface area contributed by atoms with Crippen molar-refractivity contribution in [1.29, 1.82) is 0 Å². The highest BCUT2D eigenvalue weighted by atomic mass is 19.1. The lowest BCUT2D eigenvalue weighted by atomic mass is 10.0. The van der Waals surface area contributed by atoms with Crippen molar-refractivity contribution in [2.24, 2.45) is 5.92 Å². The van der Waals surface area contributed by atoms with Crippen molar-refractivity contribution in [2.45, 2.75) is 44.6 Å². The van der Waals surface area contributed by atoms with Gasteiger partial charge in [0.15, 0.2) is 11.5 Å². The first-order valence-corrected chi connectivity index (χ1v) is 10.8. The Morgan fingerprint density at radius 1 is 1.13 bits per heavy atom. The maximum atomic E-state index is 13.1. The number of halogens is 1. The lowest BCUT2D eigenvalue weighted by molar-refractivity contribution is -0.134. The van der Waals surface area contributed by atoms with Gasteiger partial charge in [-0.25, -0.2) is 9.37 Å². The van der Waals surface area contributed by atoms with Crippen LogP contribution >= 0.6 is 0 Å². The number of aromatic amines is 1. The summed E-state index contributed by atoms with van der Waals surface area (Å²) in [5.74, 6) is 1.35. The van der Waals surface area contributed by atoms with Crippen LogP contribution in [0.2, 0.25) is 0 Å². The van der Waals surface area contributed by atoms with E-state index >= 15 is 0 Å². The number of H-pyrrole nitrogens is 1. The standard InChI is InChI=1S/C23H26FN5O/c24-18-7-5-15(6-8-18)13-25-21-19-9-10-20(26-22(19)28-27-21)17-11-12-29(14-17)23(30)16-3-1-2-4-16/h5-10,16-17H,1-4,11-14H2,(H2,25,26,27,28). The van der Waals surface area contributed by atoms with Gasteiger partial charge in [-0.05, 0) is 49.1 Å². The zero-order valence-electron chi connectivity index (χ0n) is 16.9. The third-order valence-corrected chi connectivity index (χ3v) is 6.44. The van der Waals surface area contributed by atoms with E-state index in [-0.39, 0.29) is 17.7 Å². The van der Waals surface area contributed by atoms with E-state index in [1.54, 1.807) is 12.1 Å². The second-order valence-corrected chi connectivity index (χ2v) is 8.44. The number of hydrogen-bond donors (Lipinski definition) is 2. The van der Waals surface area contributed by atoms with E-state index in [2.05, 4.69) is 21.6 Å². The molecule has 2 aromatic heterocycles. The maximum absolute atomic E-state index is 13.1. The average Bonchev–Trinajstić information content (AvgIpc) is 3.53. The van der Waals surface area contributed by atoms with Crippen molar-refractivity contribution in [3.63, 3.8) is 0 Å². The third kappa shape index (κ3) is 3.76. The number of fused-ring (bicyclic) bond motifs is 1. The summed E-state index contributed by atoms with van der Waals surface area (Å²) in [5.41, 5.74) is 2.74. The fourth-order valence-electron chi connectivity index (χ4n) is 4.70. The van der Waals surface area contributed by atoms with Crippen LogP contribution in [0.15, 0.2) is 36.4 Å². The van der Waals surface area contributed by atoms with Gasteiger partial charge in [0, 0.05) is 37.2 Å². The minimum atomic E-state index is -0.240. The summed E-state index contributed by atoms with van der Waals surface area (Å²) in [6.45, 7) is 2.15. The summed E-state index contributed by atoms with van der Waals surface area (Å²) in [4.78, 5) is 19.5. The monoisotopic (exact) mass is 407 g/mol. The van der Waals surface area contributed by atoms with Crippen LogP contribution in [0.4, 0.5) is 10.2 Å². The van der Waals surface area contributed by atoms with Crippen LogP contribution < -0.4 is 5.32 Å². The Kier molecular flexibility index (Phi) is 5.11. The number of carbonyl (C=O) groups is 1. The van der Waals surface area contributed by atoms with Crippen LogP contribution in [-0.4, -0.2) is 39.1 Å². The first-order valence-electron chi connectivity index (χ1n) is 10.8. The van der Waals surface area contributed by atoms with Gasteiger partial charge in [-0.1, -0.05) is 25.0 Å². The van der Waals surface area contributed by atoms with Gasteiger partial charge in [-0.15, -0.1) is 0 Å². The normalized spacial score (nSPS) is 19.6. The van der Waals surface area contributed by atoms with E-state index in [0.29, 0.717) is 12.5 Å². The summed E-state index contributed by atoms with van der Waals surface area (Å²) >= 11 is 0. The number of hydrogen-bond acceptors (Lipinski definition) is 4. The van der Waals surface area contributed by atoms with Crippen LogP contribution in [0.3, 0.4) is 0 Å². The van der Waals surface area contributed by atoms with Crippen molar-refractivity contribution in [2.75, 3.05) is 18.4 Å². The number of likely N-dealkylation sites (tertiary alicyclic amines) is 1. The molecule has 6 nitrogen and oxygen atoms in total. The predicted octanol–water partition coefficient (Wildman–Crippen LogP) is 4.22. The van der Waals surface area contributed by atoms with Crippen molar-refractivity contribution >= 4 is 22.8 Å². The first kappa shape index (κ1) is 19.0. The highest BCUT2D eigenvalue weighted by molar-refractivity contribution is 5.87. The molecule has 0 radical (unpaired) electrons. The van der Waals surface area contributed by atoms with Gasteiger partial charge in [0.25, 0.3) is 0 Å². The minimum Gasteiger partial charge on any atom is -0.364 e. The molecule has 0 spiro atoms. The number of anilines is 1. The number of nitrogens with zero attached hydrogens (tertiary/aromatic N) is 3. The number of carbonyl (C=O) groups excluding carboxylic acids is 1. The lowest BCUT2D eigenvalue weighted by Crippen LogP contribution is -2.33. The number of pyridine rings is 1. The molecule has 2 fully saturated rings. The van der Waals surface area contributed by atoms with Crippen LogP contribution in [0.1, 0.15) is 49.3 Å². The van der Waals surface area contributed by atoms with E-state index in [0.717, 1.165) is 60.5 Å². The topological polar surface area (TPSA) is 73.9 Å². The Bertz CT molecular complexity index is 1040. The molecule has 1 aliphatic carbocycles. The molecule has 156 valence electrons. The van der Waals surface area contributed by atoms with Gasteiger partial charge in [-0.3, -0.25) is 9.89 Å². The van der Waals surface area contributed by atoms with E-state index in [4.69, 9.17) is 4.98 Å². The number of benzene rings is 1. The second-order valence-electron chi connectivity index (χ2n) is 8.44. The van der Waals surface area contributed by atoms with Crippen molar-refractivity contribution in [3.05, 3.63) is 53.5 Å². The van der Waals surface area contributed by atoms with Crippen LogP contribution in [-0.2, 0) is 11.3 Å². The van der Waals surface area contributed by atoms with Gasteiger partial charge < -0.3 is 10.2 Å². The molecule has 2 N–H and O–H groups in total. The summed E-state index contributed by atoms with van der Waals surface area (Å²) in [5, 5.41) is 11.6.